The van der Waals surface area contributed by atoms with E-state index in [9.17, 15) is 14.7 Å². The summed E-state index contributed by atoms with van der Waals surface area (Å²) in [4.78, 5) is 28.8. The van der Waals surface area contributed by atoms with Crippen molar-refractivity contribution in [2.45, 2.75) is 38.8 Å². The maximum Gasteiger partial charge on any atom is 0.228 e. The molecule has 1 aromatic heterocycles. The first kappa shape index (κ1) is 16.6. The number of nitrogens with zero attached hydrogens (tertiary/aromatic N) is 2. The number of rotatable bonds is 3. The van der Waals surface area contributed by atoms with Crippen molar-refractivity contribution in [1.82, 2.24) is 9.80 Å². The van der Waals surface area contributed by atoms with Crippen LogP contribution in [-0.4, -0.2) is 59.4 Å². The van der Waals surface area contributed by atoms with Gasteiger partial charge in [-0.2, -0.15) is 0 Å². The fourth-order valence-corrected chi connectivity index (χ4v) is 4.67. The number of hydrogen-bond acceptors (Lipinski definition) is 5. The number of Topliss-reactive ketones (excluding diaryl/α,β-unsaturated/α-hetero) is 1. The highest BCUT2D eigenvalue weighted by Gasteiger charge is 2.47. The Kier molecular flexibility index (Phi) is 4.58. The molecule has 1 aromatic rings. The van der Waals surface area contributed by atoms with E-state index >= 15 is 0 Å². The van der Waals surface area contributed by atoms with E-state index in [1.807, 2.05) is 11.4 Å². The van der Waals surface area contributed by atoms with Crippen LogP contribution in [0.3, 0.4) is 0 Å². The van der Waals surface area contributed by atoms with E-state index in [4.69, 9.17) is 0 Å². The van der Waals surface area contributed by atoms with Gasteiger partial charge in [0.2, 0.25) is 5.91 Å². The minimum Gasteiger partial charge on any atom is -0.391 e. The molecule has 23 heavy (non-hydrogen) atoms. The largest absolute Gasteiger partial charge is 0.391 e. The average Bonchev–Trinajstić information content (AvgIpc) is 2.96. The number of carbonyl (C=O) groups is 2. The summed E-state index contributed by atoms with van der Waals surface area (Å²) >= 11 is 1.50. The molecule has 0 radical (unpaired) electrons. The predicted molar refractivity (Wildman–Crippen MR) is 89.5 cm³/mol. The van der Waals surface area contributed by atoms with Crippen molar-refractivity contribution < 1.29 is 14.7 Å². The Morgan fingerprint density at radius 3 is 2.74 bits per heavy atom. The Morgan fingerprint density at radius 2 is 2.13 bits per heavy atom. The zero-order valence-electron chi connectivity index (χ0n) is 13.7. The molecule has 5 nitrogen and oxygen atoms in total. The molecule has 2 fully saturated rings. The lowest BCUT2D eigenvalue weighted by Crippen LogP contribution is -2.56. The van der Waals surface area contributed by atoms with Crippen LogP contribution in [-0.2, 0) is 11.3 Å². The fourth-order valence-electron chi connectivity index (χ4n) is 3.87. The van der Waals surface area contributed by atoms with Gasteiger partial charge in [-0.25, -0.2) is 0 Å². The van der Waals surface area contributed by atoms with Crippen molar-refractivity contribution in [2.24, 2.45) is 5.41 Å². The van der Waals surface area contributed by atoms with E-state index in [1.54, 1.807) is 18.9 Å². The minimum atomic E-state index is -0.403. The Morgan fingerprint density at radius 1 is 1.43 bits per heavy atom. The Hall–Kier alpha value is -1.24. The number of likely N-dealkylation sites (tertiary alicyclic amines) is 2. The van der Waals surface area contributed by atoms with E-state index in [1.165, 1.54) is 16.9 Å². The van der Waals surface area contributed by atoms with E-state index in [2.05, 4.69) is 4.90 Å². The van der Waals surface area contributed by atoms with Crippen molar-refractivity contribution in [2.75, 3.05) is 26.7 Å². The smallest absolute Gasteiger partial charge is 0.228 e. The van der Waals surface area contributed by atoms with Crippen LogP contribution in [0, 0.1) is 5.41 Å². The Labute approximate surface area is 140 Å². The van der Waals surface area contributed by atoms with Gasteiger partial charge in [-0.05, 0) is 56.3 Å². The third-order valence-electron chi connectivity index (χ3n) is 5.13. The second-order valence-corrected chi connectivity index (χ2v) is 7.89. The summed E-state index contributed by atoms with van der Waals surface area (Å²) < 4.78 is 0. The third kappa shape index (κ3) is 3.34. The summed E-state index contributed by atoms with van der Waals surface area (Å²) in [5, 5.41) is 12.1. The maximum absolute atomic E-state index is 12.6. The lowest BCUT2D eigenvalue weighted by molar-refractivity contribution is -0.154. The van der Waals surface area contributed by atoms with E-state index in [0.29, 0.717) is 13.0 Å². The lowest BCUT2D eigenvalue weighted by Gasteiger charge is -2.47. The van der Waals surface area contributed by atoms with Gasteiger partial charge in [-0.15, -0.1) is 11.3 Å². The van der Waals surface area contributed by atoms with Gasteiger partial charge in [0.25, 0.3) is 0 Å². The minimum absolute atomic E-state index is 0.115. The number of likely N-dealkylation sites (N-methyl/N-ethyl adjacent to an activating group) is 1. The van der Waals surface area contributed by atoms with Crippen LogP contribution in [0.5, 0.6) is 0 Å². The number of aliphatic hydroxyl groups is 1. The summed E-state index contributed by atoms with van der Waals surface area (Å²) in [5.74, 6) is 0.306. The molecule has 0 aromatic carbocycles. The van der Waals surface area contributed by atoms with E-state index in [0.717, 1.165) is 37.4 Å². The first-order valence-corrected chi connectivity index (χ1v) is 9.02. The second kappa shape index (κ2) is 6.34. The number of thiophene rings is 1. The van der Waals surface area contributed by atoms with Crippen LogP contribution in [0.15, 0.2) is 11.4 Å². The third-order valence-corrected chi connectivity index (χ3v) is 6.21. The van der Waals surface area contributed by atoms with Crippen molar-refractivity contribution in [3.05, 3.63) is 21.9 Å². The van der Waals surface area contributed by atoms with Crippen LogP contribution in [0.2, 0.25) is 0 Å². The molecule has 0 saturated carbocycles. The molecule has 0 bridgehead atoms. The monoisotopic (exact) mass is 336 g/mol. The van der Waals surface area contributed by atoms with Gasteiger partial charge in [-0.1, -0.05) is 0 Å². The van der Waals surface area contributed by atoms with Gasteiger partial charge < -0.3 is 10.0 Å². The van der Waals surface area contributed by atoms with Crippen LogP contribution >= 0.6 is 11.3 Å². The average molecular weight is 336 g/mol. The molecule has 2 saturated heterocycles. The molecule has 3 heterocycles. The Bertz CT molecular complexity index is 605. The molecule has 126 valence electrons. The zero-order chi connectivity index (χ0) is 16.6. The number of aliphatic hydroxyl groups excluding tert-OH is 1. The highest BCUT2D eigenvalue weighted by Crippen LogP contribution is 2.41. The van der Waals surface area contributed by atoms with Gasteiger partial charge in [0.05, 0.1) is 16.4 Å². The molecule has 0 aliphatic carbocycles. The van der Waals surface area contributed by atoms with E-state index in [-0.39, 0.29) is 17.1 Å². The Balaban J connectivity index is 1.61. The van der Waals surface area contributed by atoms with E-state index < -0.39 is 6.10 Å². The first-order chi connectivity index (χ1) is 10.9. The summed E-state index contributed by atoms with van der Waals surface area (Å²) in [6.45, 7) is 4.59. The fraction of sp³-hybridized carbons (Fsp3) is 0.647. The SMILES string of the molecule is CC(=O)c1cc(CN2CCC3(CC2)CC(O)CN(C)C3=O)cs1. The first-order valence-electron chi connectivity index (χ1n) is 8.14. The van der Waals surface area contributed by atoms with Crippen molar-refractivity contribution >= 4 is 23.0 Å². The molecular formula is C17H24N2O3S. The van der Waals surface area contributed by atoms with Gasteiger partial charge in [0, 0.05) is 20.1 Å². The number of piperidine rings is 2. The molecule has 2 aliphatic heterocycles. The number of ketones is 1. The molecule has 1 amide bonds. The van der Waals surface area contributed by atoms with Gasteiger partial charge >= 0.3 is 0 Å². The predicted octanol–water partition coefficient (Wildman–Crippen LogP) is 1.76. The topological polar surface area (TPSA) is 60.9 Å². The van der Waals surface area contributed by atoms with Gasteiger partial charge in [0.1, 0.15) is 0 Å². The molecule has 1 atom stereocenters. The quantitative estimate of drug-likeness (QED) is 0.855. The normalized spacial score (nSPS) is 25.1. The number of β-amino-alcohol motifs (C(OH)–C–C–N with tert-alkyl or cyclic N) is 1. The molecule has 1 N–H and O–H groups in total. The van der Waals surface area contributed by atoms with Crippen LogP contribution in [0.1, 0.15) is 41.4 Å². The number of carbonyl (C=O) groups excluding carboxylic acids is 2. The van der Waals surface area contributed by atoms with Gasteiger partial charge in [-0.3, -0.25) is 14.5 Å². The maximum atomic E-state index is 12.6. The highest BCUT2D eigenvalue weighted by atomic mass is 32.1. The second-order valence-electron chi connectivity index (χ2n) is 6.98. The van der Waals surface area contributed by atoms with Crippen molar-refractivity contribution in [3.63, 3.8) is 0 Å². The molecule has 6 heteroatoms. The van der Waals surface area contributed by atoms with Gasteiger partial charge in [0.15, 0.2) is 5.78 Å². The standard InChI is InChI=1S/C17H24N2O3S/c1-12(20)15-7-13(11-23-15)9-19-5-3-17(4-6-19)8-14(21)10-18(2)16(17)22/h7,11,14,21H,3-6,8-10H2,1-2H3. The van der Waals surface area contributed by atoms with Crippen LogP contribution in [0.25, 0.3) is 0 Å². The number of amides is 1. The number of hydrogen-bond donors (Lipinski definition) is 1. The molecule has 2 aliphatic rings. The summed E-state index contributed by atoms with van der Waals surface area (Å²) in [6, 6.07) is 1.97. The lowest BCUT2D eigenvalue weighted by atomic mass is 9.71. The zero-order valence-corrected chi connectivity index (χ0v) is 14.6. The van der Waals surface area contributed by atoms with Crippen molar-refractivity contribution in [1.29, 1.82) is 0 Å². The highest BCUT2D eigenvalue weighted by molar-refractivity contribution is 7.12. The molecule has 1 spiro atoms. The summed E-state index contributed by atoms with van der Waals surface area (Å²) in [7, 11) is 1.79. The molecular weight excluding hydrogens is 312 g/mol. The van der Waals surface area contributed by atoms with Crippen molar-refractivity contribution in [3.8, 4) is 0 Å². The summed E-state index contributed by atoms with van der Waals surface area (Å²) in [5.41, 5.74) is 0.797. The molecule has 3 rings (SSSR count). The summed E-state index contributed by atoms with van der Waals surface area (Å²) in [6.07, 6.45) is 1.80. The molecule has 1 unspecified atom stereocenters. The van der Waals surface area contributed by atoms with Crippen LogP contribution in [0.4, 0.5) is 0 Å². The van der Waals surface area contributed by atoms with Crippen LogP contribution < -0.4 is 0 Å².